The first-order valence-electron chi connectivity index (χ1n) is 7.51. The molecule has 1 amide bonds. The molecule has 1 fully saturated rings. The molecule has 5 heteroatoms. The molecule has 2 rings (SSSR count). The van der Waals surface area contributed by atoms with E-state index in [4.69, 9.17) is 4.74 Å². The summed E-state index contributed by atoms with van der Waals surface area (Å²) in [6.45, 7) is 2.38. The summed E-state index contributed by atoms with van der Waals surface area (Å²) >= 11 is 0. The van der Waals surface area contributed by atoms with Crippen molar-refractivity contribution in [1.82, 2.24) is 10.2 Å². The van der Waals surface area contributed by atoms with Gasteiger partial charge in [-0.2, -0.15) is 0 Å². The molecule has 0 bridgehead atoms. The van der Waals surface area contributed by atoms with Gasteiger partial charge in [0.1, 0.15) is 11.6 Å². The molecule has 0 aliphatic carbocycles. The van der Waals surface area contributed by atoms with E-state index in [9.17, 15) is 9.18 Å². The minimum atomic E-state index is -0.311. The Kier molecular flexibility index (Phi) is 5.99. The SMILES string of the molecule is CN(C(=O)CCCOc1cccc(F)c1)C1CCNCC1. The van der Waals surface area contributed by atoms with Crippen LogP contribution in [0.2, 0.25) is 0 Å². The van der Waals surface area contributed by atoms with Crippen LogP contribution in [0.1, 0.15) is 25.7 Å². The molecule has 21 heavy (non-hydrogen) atoms. The van der Waals surface area contributed by atoms with Crippen LogP contribution >= 0.6 is 0 Å². The van der Waals surface area contributed by atoms with Crippen molar-refractivity contribution in [3.8, 4) is 5.75 Å². The van der Waals surface area contributed by atoms with Crippen LogP contribution in [0.4, 0.5) is 4.39 Å². The number of halogens is 1. The summed E-state index contributed by atoms with van der Waals surface area (Å²) in [7, 11) is 1.88. The molecular formula is C16H23FN2O2. The number of nitrogens with one attached hydrogen (secondary N) is 1. The van der Waals surface area contributed by atoms with E-state index in [1.165, 1.54) is 12.1 Å². The fourth-order valence-corrected chi connectivity index (χ4v) is 2.54. The van der Waals surface area contributed by atoms with Gasteiger partial charge in [-0.25, -0.2) is 4.39 Å². The largest absolute Gasteiger partial charge is 0.493 e. The van der Waals surface area contributed by atoms with Crippen LogP contribution < -0.4 is 10.1 Å². The zero-order valence-corrected chi connectivity index (χ0v) is 12.5. The number of piperidine rings is 1. The number of carbonyl (C=O) groups excluding carboxylic acids is 1. The van der Waals surface area contributed by atoms with Crippen LogP contribution in [0.15, 0.2) is 24.3 Å². The Balaban J connectivity index is 1.66. The van der Waals surface area contributed by atoms with Gasteiger partial charge in [-0.3, -0.25) is 4.79 Å². The predicted octanol–water partition coefficient (Wildman–Crippen LogP) is 2.20. The molecule has 0 spiro atoms. The van der Waals surface area contributed by atoms with E-state index in [2.05, 4.69) is 5.32 Å². The lowest BCUT2D eigenvalue weighted by atomic mass is 10.0. The first-order valence-corrected chi connectivity index (χ1v) is 7.51. The second kappa shape index (κ2) is 7.98. The highest BCUT2D eigenvalue weighted by Crippen LogP contribution is 2.14. The molecule has 0 radical (unpaired) electrons. The Morgan fingerprint density at radius 3 is 2.90 bits per heavy atom. The van der Waals surface area contributed by atoms with Gasteiger partial charge in [0.2, 0.25) is 5.91 Å². The number of carbonyl (C=O) groups is 1. The molecule has 4 nitrogen and oxygen atoms in total. The standard InChI is InChI=1S/C16H23FN2O2/c1-19(14-7-9-18-10-8-14)16(20)6-3-11-21-15-5-2-4-13(17)12-15/h2,4-5,12,14,18H,3,6-11H2,1H3. The van der Waals surface area contributed by atoms with Gasteiger partial charge < -0.3 is 15.0 Å². The van der Waals surface area contributed by atoms with Crippen molar-refractivity contribution >= 4 is 5.91 Å². The van der Waals surface area contributed by atoms with E-state index in [0.717, 1.165) is 25.9 Å². The lowest BCUT2D eigenvalue weighted by Gasteiger charge is -2.31. The molecule has 0 atom stereocenters. The van der Waals surface area contributed by atoms with E-state index in [-0.39, 0.29) is 11.7 Å². The fraction of sp³-hybridized carbons (Fsp3) is 0.562. The van der Waals surface area contributed by atoms with E-state index < -0.39 is 0 Å². The summed E-state index contributed by atoms with van der Waals surface area (Å²) in [5, 5.41) is 3.29. The summed E-state index contributed by atoms with van der Waals surface area (Å²) in [5.41, 5.74) is 0. The summed E-state index contributed by atoms with van der Waals surface area (Å²) in [6, 6.07) is 6.41. The number of hydrogen-bond acceptors (Lipinski definition) is 3. The molecule has 0 saturated carbocycles. The molecule has 1 aromatic rings. The second-order valence-electron chi connectivity index (χ2n) is 5.40. The normalized spacial score (nSPS) is 15.7. The number of benzene rings is 1. The smallest absolute Gasteiger partial charge is 0.222 e. The van der Waals surface area contributed by atoms with Gasteiger partial charge in [-0.05, 0) is 44.5 Å². The van der Waals surface area contributed by atoms with Crippen LogP contribution in [0.25, 0.3) is 0 Å². The third-order valence-electron chi connectivity index (χ3n) is 3.85. The quantitative estimate of drug-likeness (QED) is 0.818. The third kappa shape index (κ3) is 5.01. The van der Waals surface area contributed by atoms with Gasteiger partial charge in [-0.15, -0.1) is 0 Å². The van der Waals surface area contributed by atoms with Crippen LogP contribution in [-0.2, 0) is 4.79 Å². The molecular weight excluding hydrogens is 271 g/mol. The Labute approximate surface area is 125 Å². The highest BCUT2D eigenvalue weighted by atomic mass is 19.1. The number of ether oxygens (including phenoxy) is 1. The topological polar surface area (TPSA) is 41.6 Å². The van der Waals surface area contributed by atoms with E-state index in [0.29, 0.717) is 31.2 Å². The summed E-state index contributed by atoms with van der Waals surface area (Å²) in [5.74, 6) is 0.355. The van der Waals surface area contributed by atoms with Crippen molar-refractivity contribution < 1.29 is 13.9 Å². The van der Waals surface area contributed by atoms with Crippen molar-refractivity contribution in [3.05, 3.63) is 30.1 Å². The van der Waals surface area contributed by atoms with E-state index in [1.54, 1.807) is 12.1 Å². The maximum Gasteiger partial charge on any atom is 0.222 e. The molecule has 1 aromatic carbocycles. The Bertz CT molecular complexity index is 461. The maximum atomic E-state index is 13.0. The van der Waals surface area contributed by atoms with Gasteiger partial charge in [0.05, 0.1) is 6.61 Å². The van der Waals surface area contributed by atoms with Crippen LogP contribution in [-0.4, -0.2) is 43.6 Å². The molecule has 1 heterocycles. The zero-order valence-electron chi connectivity index (χ0n) is 12.5. The molecule has 0 unspecified atom stereocenters. The maximum absolute atomic E-state index is 13.0. The average molecular weight is 294 g/mol. The fourth-order valence-electron chi connectivity index (χ4n) is 2.54. The lowest BCUT2D eigenvalue weighted by molar-refractivity contribution is -0.132. The van der Waals surface area contributed by atoms with Crippen molar-refractivity contribution in [1.29, 1.82) is 0 Å². The van der Waals surface area contributed by atoms with Gasteiger partial charge in [-0.1, -0.05) is 6.07 Å². The van der Waals surface area contributed by atoms with Gasteiger partial charge in [0.25, 0.3) is 0 Å². The molecule has 1 aliphatic heterocycles. The van der Waals surface area contributed by atoms with Gasteiger partial charge in [0.15, 0.2) is 0 Å². The highest BCUT2D eigenvalue weighted by Gasteiger charge is 2.21. The highest BCUT2D eigenvalue weighted by molar-refractivity contribution is 5.76. The number of amides is 1. The second-order valence-corrected chi connectivity index (χ2v) is 5.40. The van der Waals surface area contributed by atoms with Crippen LogP contribution in [0.5, 0.6) is 5.75 Å². The zero-order chi connectivity index (χ0) is 15.1. The number of nitrogens with zero attached hydrogens (tertiary/aromatic N) is 1. The van der Waals surface area contributed by atoms with Gasteiger partial charge in [0, 0.05) is 25.6 Å². The molecule has 116 valence electrons. The summed E-state index contributed by atoms with van der Waals surface area (Å²) in [6.07, 6.45) is 3.14. The summed E-state index contributed by atoms with van der Waals surface area (Å²) < 4.78 is 18.4. The van der Waals surface area contributed by atoms with E-state index in [1.807, 2.05) is 11.9 Å². The monoisotopic (exact) mass is 294 g/mol. The predicted molar refractivity (Wildman–Crippen MR) is 79.8 cm³/mol. The molecule has 1 saturated heterocycles. The molecule has 1 N–H and O–H groups in total. The molecule has 0 aromatic heterocycles. The van der Waals surface area contributed by atoms with Crippen LogP contribution in [0.3, 0.4) is 0 Å². The van der Waals surface area contributed by atoms with Gasteiger partial charge >= 0.3 is 0 Å². The van der Waals surface area contributed by atoms with Crippen molar-refractivity contribution in [3.63, 3.8) is 0 Å². The minimum Gasteiger partial charge on any atom is -0.493 e. The minimum absolute atomic E-state index is 0.157. The Morgan fingerprint density at radius 1 is 1.43 bits per heavy atom. The first kappa shape index (κ1) is 15.8. The number of rotatable bonds is 6. The van der Waals surface area contributed by atoms with Crippen molar-refractivity contribution in [2.75, 3.05) is 26.7 Å². The van der Waals surface area contributed by atoms with Crippen molar-refractivity contribution in [2.24, 2.45) is 0 Å². The van der Waals surface area contributed by atoms with Crippen molar-refractivity contribution in [2.45, 2.75) is 31.7 Å². The Hall–Kier alpha value is -1.62. The molecule has 1 aliphatic rings. The van der Waals surface area contributed by atoms with Crippen LogP contribution in [0, 0.1) is 5.82 Å². The average Bonchev–Trinajstić information content (AvgIpc) is 2.51. The van der Waals surface area contributed by atoms with E-state index >= 15 is 0 Å². The third-order valence-corrected chi connectivity index (χ3v) is 3.85. The first-order chi connectivity index (χ1) is 10.2. The number of hydrogen-bond donors (Lipinski definition) is 1. The summed E-state index contributed by atoms with van der Waals surface area (Å²) in [4.78, 5) is 14.0. The lowest BCUT2D eigenvalue weighted by Crippen LogP contribution is -2.43. The Morgan fingerprint density at radius 2 is 2.19 bits per heavy atom.